The molecule has 0 saturated carbocycles. The minimum atomic E-state index is -0.0967. The molecule has 0 spiro atoms. The number of hydrogen-bond donors (Lipinski definition) is 0. The van der Waals surface area contributed by atoms with E-state index in [1.165, 1.54) is 5.56 Å². The second kappa shape index (κ2) is 6.55. The lowest BCUT2D eigenvalue weighted by Gasteiger charge is -2.23. The Kier molecular flexibility index (Phi) is 4.09. The van der Waals surface area contributed by atoms with Gasteiger partial charge >= 0.3 is 0 Å². The van der Waals surface area contributed by atoms with Crippen LogP contribution in [0.3, 0.4) is 0 Å². The highest BCUT2D eigenvalue weighted by molar-refractivity contribution is 5.92. The highest BCUT2D eigenvalue weighted by Crippen LogP contribution is 2.24. The molecule has 0 N–H and O–H groups in total. The van der Waals surface area contributed by atoms with E-state index in [-0.39, 0.29) is 11.9 Å². The van der Waals surface area contributed by atoms with Gasteiger partial charge in [0.05, 0.1) is 12.6 Å². The predicted molar refractivity (Wildman–Crippen MR) is 93.0 cm³/mol. The Balaban J connectivity index is 1.51. The highest BCUT2D eigenvalue weighted by Gasteiger charge is 2.31. The van der Waals surface area contributed by atoms with Crippen molar-refractivity contribution in [2.75, 3.05) is 6.54 Å². The third-order valence-corrected chi connectivity index (χ3v) is 4.66. The van der Waals surface area contributed by atoms with Crippen LogP contribution in [0.5, 0.6) is 0 Å². The van der Waals surface area contributed by atoms with Crippen LogP contribution in [-0.2, 0) is 6.54 Å². The van der Waals surface area contributed by atoms with Gasteiger partial charge in [-0.1, -0.05) is 35.0 Å². The standard InChI is InChI=1S/C19H20N4O2/c1-14-5-7-15(8-6-14)17-12-18(25-21-17)19(24)23-11-2-4-16(23)13-22-10-3-9-20-22/h3,5-10,12,16H,2,4,11,13H2,1H3/t16-/m0/s1. The van der Waals surface area contributed by atoms with Crippen molar-refractivity contribution in [1.82, 2.24) is 19.8 Å². The number of rotatable bonds is 4. The zero-order chi connectivity index (χ0) is 17.2. The van der Waals surface area contributed by atoms with E-state index in [9.17, 15) is 4.79 Å². The van der Waals surface area contributed by atoms with Crippen LogP contribution >= 0.6 is 0 Å². The molecule has 2 aromatic heterocycles. The second-order valence-electron chi connectivity index (χ2n) is 6.47. The van der Waals surface area contributed by atoms with Crippen molar-refractivity contribution in [3.8, 4) is 11.3 Å². The second-order valence-corrected chi connectivity index (χ2v) is 6.47. The van der Waals surface area contributed by atoms with Crippen molar-refractivity contribution >= 4 is 5.91 Å². The van der Waals surface area contributed by atoms with Crippen LogP contribution in [0.25, 0.3) is 11.3 Å². The van der Waals surface area contributed by atoms with Crippen molar-refractivity contribution in [3.05, 3.63) is 60.1 Å². The summed E-state index contributed by atoms with van der Waals surface area (Å²) in [6.07, 6.45) is 5.65. The Labute approximate surface area is 146 Å². The van der Waals surface area contributed by atoms with E-state index < -0.39 is 0 Å². The molecular weight excluding hydrogens is 316 g/mol. The van der Waals surface area contributed by atoms with Crippen LogP contribution in [0.1, 0.15) is 29.0 Å². The van der Waals surface area contributed by atoms with Gasteiger partial charge in [0.2, 0.25) is 5.76 Å². The maximum Gasteiger partial charge on any atom is 0.292 e. The molecule has 0 radical (unpaired) electrons. The summed E-state index contributed by atoms with van der Waals surface area (Å²) in [6, 6.07) is 11.8. The first-order valence-corrected chi connectivity index (χ1v) is 8.53. The Morgan fingerprint density at radius 3 is 2.92 bits per heavy atom. The molecule has 0 unspecified atom stereocenters. The lowest BCUT2D eigenvalue weighted by Crippen LogP contribution is -2.38. The van der Waals surface area contributed by atoms with Crippen molar-refractivity contribution in [1.29, 1.82) is 0 Å². The van der Waals surface area contributed by atoms with Gasteiger partial charge in [-0.25, -0.2) is 0 Å². The van der Waals surface area contributed by atoms with Crippen LogP contribution in [0, 0.1) is 6.92 Å². The number of aryl methyl sites for hydroxylation is 1. The number of hydrogen-bond acceptors (Lipinski definition) is 4. The smallest absolute Gasteiger partial charge is 0.292 e. The summed E-state index contributed by atoms with van der Waals surface area (Å²) in [5, 5.41) is 8.31. The van der Waals surface area contributed by atoms with Crippen molar-refractivity contribution < 1.29 is 9.32 Å². The summed E-state index contributed by atoms with van der Waals surface area (Å²) in [7, 11) is 0. The Morgan fingerprint density at radius 1 is 1.32 bits per heavy atom. The average Bonchev–Trinajstić information content (AvgIpc) is 3.37. The largest absolute Gasteiger partial charge is 0.350 e. The molecule has 0 bridgehead atoms. The van der Waals surface area contributed by atoms with Gasteiger partial charge in [-0.05, 0) is 25.8 Å². The van der Waals surface area contributed by atoms with Gasteiger partial charge in [0, 0.05) is 30.6 Å². The quantitative estimate of drug-likeness (QED) is 0.734. The topological polar surface area (TPSA) is 64.2 Å². The maximum atomic E-state index is 12.8. The number of likely N-dealkylation sites (tertiary alicyclic amines) is 1. The average molecular weight is 336 g/mol. The van der Waals surface area contributed by atoms with Gasteiger partial charge in [0.1, 0.15) is 5.69 Å². The van der Waals surface area contributed by atoms with Crippen molar-refractivity contribution in [2.24, 2.45) is 0 Å². The van der Waals surface area contributed by atoms with Gasteiger partial charge in [-0.3, -0.25) is 9.48 Å². The van der Waals surface area contributed by atoms with E-state index in [1.807, 2.05) is 53.0 Å². The summed E-state index contributed by atoms with van der Waals surface area (Å²) in [4.78, 5) is 14.7. The molecule has 1 fully saturated rings. The highest BCUT2D eigenvalue weighted by atomic mass is 16.5. The molecule has 1 atom stereocenters. The van der Waals surface area contributed by atoms with Crippen LogP contribution in [0.2, 0.25) is 0 Å². The SMILES string of the molecule is Cc1ccc(-c2cc(C(=O)N3CCC[C@H]3Cn3cccn3)on2)cc1. The molecule has 6 heteroatoms. The van der Waals surface area contributed by atoms with Gasteiger partial charge < -0.3 is 9.42 Å². The van der Waals surface area contributed by atoms with Crippen LogP contribution < -0.4 is 0 Å². The fourth-order valence-electron chi connectivity index (χ4n) is 3.30. The Morgan fingerprint density at radius 2 is 2.16 bits per heavy atom. The van der Waals surface area contributed by atoms with Crippen LogP contribution in [0.4, 0.5) is 0 Å². The Bertz CT molecular complexity index is 852. The summed E-state index contributed by atoms with van der Waals surface area (Å²) in [5.74, 6) is 0.198. The molecule has 128 valence electrons. The molecule has 1 saturated heterocycles. The number of carbonyl (C=O) groups excluding carboxylic acids is 1. The van der Waals surface area contributed by atoms with E-state index in [0.717, 1.165) is 24.9 Å². The lowest BCUT2D eigenvalue weighted by atomic mass is 10.1. The Hall–Kier alpha value is -2.89. The number of aromatic nitrogens is 3. The number of carbonyl (C=O) groups is 1. The van der Waals surface area contributed by atoms with Gasteiger partial charge in [-0.15, -0.1) is 0 Å². The maximum absolute atomic E-state index is 12.8. The fraction of sp³-hybridized carbons (Fsp3) is 0.316. The summed E-state index contributed by atoms with van der Waals surface area (Å²) in [5.41, 5.74) is 2.82. The van der Waals surface area contributed by atoms with Crippen LogP contribution in [0.15, 0.2) is 53.3 Å². The lowest BCUT2D eigenvalue weighted by molar-refractivity contribution is 0.0679. The van der Waals surface area contributed by atoms with E-state index in [1.54, 1.807) is 12.3 Å². The molecule has 4 rings (SSSR count). The first-order valence-electron chi connectivity index (χ1n) is 8.53. The first kappa shape index (κ1) is 15.6. The van der Waals surface area contributed by atoms with Gasteiger partial charge in [0.25, 0.3) is 5.91 Å². The van der Waals surface area contributed by atoms with E-state index >= 15 is 0 Å². The van der Waals surface area contributed by atoms with Crippen LogP contribution in [-0.4, -0.2) is 38.3 Å². The predicted octanol–water partition coefficient (Wildman–Crippen LogP) is 3.15. The molecule has 3 aromatic rings. The van der Waals surface area contributed by atoms with E-state index in [2.05, 4.69) is 10.3 Å². The number of benzene rings is 1. The molecule has 1 aliphatic heterocycles. The molecule has 1 aromatic carbocycles. The molecule has 1 amide bonds. The molecular formula is C19H20N4O2. The summed E-state index contributed by atoms with van der Waals surface area (Å²) < 4.78 is 7.21. The monoisotopic (exact) mass is 336 g/mol. The minimum Gasteiger partial charge on any atom is -0.350 e. The molecule has 1 aliphatic rings. The minimum absolute atomic E-state index is 0.0967. The molecule has 0 aliphatic carbocycles. The number of amides is 1. The van der Waals surface area contributed by atoms with Crippen molar-refractivity contribution in [3.63, 3.8) is 0 Å². The van der Waals surface area contributed by atoms with E-state index in [4.69, 9.17) is 4.52 Å². The van der Waals surface area contributed by atoms with Crippen molar-refractivity contribution in [2.45, 2.75) is 32.4 Å². The summed E-state index contributed by atoms with van der Waals surface area (Å²) >= 11 is 0. The molecule has 6 nitrogen and oxygen atoms in total. The van der Waals surface area contributed by atoms with E-state index in [0.29, 0.717) is 18.0 Å². The number of nitrogens with zero attached hydrogens (tertiary/aromatic N) is 4. The zero-order valence-electron chi connectivity index (χ0n) is 14.1. The van der Waals surface area contributed by atoms with Gasteiger partial charge in [-0.2, -0.15) is 5.10 Å². The molecule has 3 heterocycles. The normalized spacial score (nSPS) is 17.2. The fourth-order valence-corrected chi connectivity index (χ4v) is 3.30. The third-order valence-electron chi connectivity index (χ3n) is 4.66. The zero-order valence-corrected chi connectivity index (χ0v) is 14.1. The summed E-state index contributed by atoms with van der Waals surface area (Å²) in [6.45, 7) is 3.48. The molecule has 25 heavy (non-hydrogen) atoms. The first-order chi connectivity index (χ1) is 12.2. The third kappa shape index (κ3) is 3.20. The van der Waals surface area contributed by atoms with Gasteiger partial charge in [0.15, 0.2) is 0 Å².